The zero-order valence-electron chi connectivity index (χ0n) is 8.04. The van der Waals surface area contributed by atoms with Gasteiger partial charge in [-0.3, -0.25) is 0 Å². The predicted octanol–water partition coefficient (Wildman–Crippen LogP) is 1.91. The van der Waals surface area contributed by atoms with Gasteiger partial charge in [0.05, 0.1) is 6.10 Å². The molecule has 0 fully saturated rings. The quantitative estimate of drug-likeness (QED) is 0.764. The molecule has 5 heteroatoms. The van der Waals surface area contributed by atoms with Crippen molar-refractivity contribution < 1.29 is 23.4 Å². The fourth-order valence-electron chi connectivity index (χ4n) is 1.20. The van der Waals surface area contributed by atoms with Gasteiger partial charge in [0.15, 0.2) is 17.5 Å². The van der Waals surface area contributed by atoms with E-state index in [-0.39, 0.29) is 6.42 Å². The van der Waals surface area contributed by atoms with E-state index in [1.807, 2.05) is 0 Å². The van der Waals surface area contributed by atoms with Crippen LogP contribution in [0.1, 0.15) is 25.0 Å². The number of hydrogen-bond acceptors (Lipinski definition) is 2. The summed E-state index contributed by atoms with van der Waals surface area (Å²) in [5.74, 6) is -4.43. The van der Waals surface area contributed by atoms with E-state index in [0.717, 1.165) is 6.07 Å². The highest BCUT2D eigenvalue weighted by atomic mass is 19.2. The Bertz CT molecular complexity index is 355. The van der Waals surface area contributed by atoms with Crippen LogP contribution in [0, 0.1) is 17.5 Å². The lowest BCUT2D eigenvalue weighted by Gasteiger charge is -2.17. The summed E-state index contributed by atoms with van der Waals surface area (Å²) in [4.78, 5) is 0. The average Bonchev–Trinajstić information content (AvgIpc) is 2.24. The summed E-state index contributed by atoms with van der Waals surface area (Å²) in [5.41, 5.74) is -0.441. The Morgan fingerprint density at radius 2 is 1.73 bits per heavy atom. The van der Waals surface area contributed by atoms with Gasteiger partial charge >= 0.3 is 0 Å². The van der Waals surface area contributed by atoms with E-state index in [4.69, 9.17) is 0 Å². The molecule has 2 nitrogen and oxygen atoms in total. The van der Waals surface area contributed by atoms with Gasteiger partial charge in [0.1, 0.15) is 6.10 Å². The molecular weight excluding hydrogens is 209 g/mol. The molecular formula is C10H11F3O2. The highest BCUT2D eigenvalue weighted by molar-refractivity contribution is 5.23. The summed E-state index contributed by atoms with van der Waals surface area (Å²) in [6, 6.07) is 1.62. The molecule has 0 saturated carbocycles. The zero-order chi connectivity index (χ0) is 11.6. The van der Waals surface area contributed by atoms with E-state index in [1.54, 1.807) is 6.92 Å². The highest BCUT2D eigenvalue weighted by Gasteiger charge is 2.23. The van der Waals surface area contributed by atoms with Gasteiger partial charge in [-0.2, -0.15) is 0 Å². The van der Waals surface area contributed by atoms with Crippen LogP contribution in [0.15, 0.2) is 12.1 Å². The average molecular weight is 220 g/mol. The first-order valence-corrected chi connectivity index (χ1v) is 4.48. The van der Waals surface area contributed by atoms with Crippen molar-refractivity contribution in [3.8, 4) is 0 Å². The van der Waals surface area contributed by atoms with E-state index in [2.05, 4.69) is 0 Å². The van der Waals surface area contributed by atoms with Gasteiger partial charge < -0.3 is 10.2 Å². The molecule has 2 unspecified atom stereocenters. The summed E-state index contributed by atoms with van der Waals surface area (Å²) < 4.78 is 38.4. The van der Waals surface area contributed by atoms with E-state index < -0.39 is 35.2 Å². The third kappa shape index (κ3) is 2.30. The first-order chi connectivity index (χ1) is 6.99. The molecule has 15 heavy (non-hydrogen) atoms. The highest BCUT2D eigenvalue weighted by Crippen LogP contribution is 2.24. The molecule has 0 saturated heterocycles. The van der Waals surface area contributed by atoms with E-state index in [0.29, 0.717) is 6.07 Å². The largest absolute Gasteiger partial charge is 0.390 e. The van der Waals surface area contributed by atoms with E-state index >= 15 is 0 Å². The molecule has 0 aliphatic rings. The lowest BCUT2D eigenvalue weighted by Crippen LogP contribution is -2.18. The lowest BCUT2D eigenvalue weighted by molar-refractivity contribution is 0.0139. The minimum Gasteiger partial charge on any atom is -0.390 e. The van der Waals surface area contributed by atoms with Crippen LogP contribution in [0.2, 0.25) is 0 Å². The third-order valence-electron chi connectivity index (χ3n) is 2.17. The number of aliphatic hydroxyl groups excluding tert-OH is 2. The number of rotatable bonds is 3. The van der Waals surface area contributed by atoms with Crippen molar-refractivity contribution in [3.63, 3.8) is 0 Å². The van der Waals surface area contributed by atoms with Gasteiger partial charge in [-0.05, 0) is 12.5 Å². The summed E-state index contributed by atoms with van der Waals surface area (Å²) in [5, 5.41) is 18.6. The van der Waals surface area contributed by atoms with Gasteiger partial charge in [0.25, 0.3) is 0 Å². The lowest BCUT2D eigenvalue weighted by atomic mass is 10.0. The van der Waals surface area contributed by atoms with Gasteiger partial charge in [0, 0.05) is 5.56 Å². The number of benzene rings is 1. The fourth-order valence-corrected chi connectivity index (χ4v) is 1.20. The van der Waals surface area contributed by atoms with Crippen LogP contribution in [0.3, 0.4) is 0 Å². The molecule has 2 atom stereocenters. The Morgan fingerprint density at radius 1 is 1.13 bits per heavy atom. The minimum absolute atomic E-state index is 0.180. The van der Waals surface area contributed by atoms with Crippen LogP contribution in [0.4, 0.5) is 13.2 Å². The molecule has 84 valence electrons. The maximum Gasteiger partial charge on any atom is 0.194 e. The van der Waals surface area contributed by atoms with Crippen molar-refractivity contribution in [1.29, 1.82) is 0 Å². The molecule has 0 aromatic heterocycles. The molecule has 0 aliphatic carbocycles. The van der Waals surface area contributed by atoms with Crippen molar-refractivity contribution in [3.05, 3.63) is 35.1 Å². The van der Waals surface area contributed by atoms with Gasteiger partial charge in [-0.1, -0.05) is 13.0 Å². The number of hydrogen-bond donors (Lipinski definition) is 2. The van der Waals surface area contributed by atoms with Crippen molar-refractivity contribution in [1.82, 2.24) is 0 Å². The molecule has 1 aromatic carbocycles. The van der Waals surface area contributed by atoms with Crippen LogP contribution in [0.5, 0.6) is 0 Å². The van der Waals surface area contributed by atoms with Crippen LogP contribution in [0.25, 0.3) is 0 Å². The second kappa shape index (κ2) is 4.63. The first kappa shape index (κ1) is 12.0. The van der Waals surface area contributed by atoms with Crippen LogP contribution < -0.4 is 0 Å². The normalized spacial score (nSPS) is 15.1. The van der Waals surface area contributed by atoms with E-state index in [9.17, 15) is 23.4 Å². The molecule has 0 amide bonds. The molecule has 2 N–H and O–H groups in total. The standard InChI is InChI=1S/C10H11F3O2/c1-2-7(14)10(15)5-3-4-6(11)9(13)8(5)12/h3-4,7,10,14-15H,2H2,1H3. The van der Waals surface area contributed by atoms with Crippen LogP contribution in [-0.2, 0) is 0 Å². The summed E-state index contributed by atoms with van der Waals surface area (Å²) in [6.45, 7) is 1.58. The van der Waals surface area contributed by atoms with Crippen molar-refractivity contribution in [2.45, 2.75) is 25.6 Å². The zero-order valence-corrected chi connectivity index (χ0v) is 8.04. The third-order valence-corrected chi connectivity index (χ3v) is 2.17. The van der Waals surface area contributed by atoms with Crippen molar-refractivity contribution >= 4 is 0 Å². The van der Waals surface area contributed by atoms with Gasteiger partial charge in [-0.15, -0.1) is 0 Å². The molecule has 1 aromatic rings. The molecule has 0 heterocycles. The maximum atomic E-state index is 13.1. The van der Waals surface area contributed by atoms with Gasteiger partial charge in [-0.25, -0.2) is 13.2 Å². The van der Waals surface area contributed by atoms with Crippen molar-refractivity contribution in [2.75, 3.05) is 0 Å². The van der Waals surface area contributed by atoms with Crippen LogP contribution >= 0.6 is 0 Å². The Balaban J connectivity index is 3.10. The topological polar surface area (TPSA) is 40.5 Å². The Kier molecular flexibility index (Phi) is 3.71. The molecule has 0 aliphatic heterocycles. The summed E-state index contributed by atoms with van der Waals surface area (Å²) in [7, 11) is 0. The predicted molar refractivity (Wildman–Crippen MR) is 47.6 cm³/mol. The monoisotopic (exact) mass is 220 g/mol. The minimum atomic E-state index is -1.64. The SMILES string of the molecule is CCC(O)C(O)c1ccc(F)c(F)c1F. The van der Waals surface area contributed by atoms with Crippen LogP contribution in [-0.4, -0.2) is 16.3 Å². The first-order valence-electron chi connectivity index (χ1n) is 4.48. The van der Waals surface area contributed by atoms with Crippen molar-refractivity contribution in [2.24, 2.45) is 0 Å². The maximum absolute atomic E-state index is 13.1. The smallest absolute Gasteiger partial charge is 0.194 e. The molecule has 0 spiro atoms. The molecule has 0 radical (unpaired) electrons. The molecule has 0 bridgehead atoms. The second-order valence-corrected chi connectivity index (χ2v) is 3.19. The second-order valence-electron chi connectivity index (χ2n) is 3.19. The van der Waals surface area contributed by atoms with E-state index in [1.165, 1.54) is 0 Å². The Morgan fingerprint density at radius 3 is 2.27 bits per heavy atom. The number of halogens is 3. The fraction of sp³-hybridized carbons (Fsp3) is 0.400. The number of aliphatic hydroxyl groups is 2. The molecule has 1 rings (SSSR count). The Labute approximate surface area is 85.0 Å². The summed E-state index contributed by atoms with van der Waals surface area (Å²) >= 11 is 0. The Hall–Kier alpha value is -1.07. The van der Waals surface area contributed by atoms with Gasteiger partial charge in [0.2, 0.25) is 0 Å². The summed E-state index contributed by atoms with van der Waals surface area (Å²) in [6.07, 6.45) is -2.57.